The summed E-state index contributed by atoms with van der Waals surface area (Å²) in [6.45, 7) is 10.0. The molecule has 2 fully saturated rings. The Hall–Kier alpha value is -2.97. The van der Waals surface area contributed by atoms with Crippen molar-refractivity contribution in [2.24, 2.45) is 17.8 Å². The molecule has 204 valence electrons. The standard InChI is InChI=1S/C30H38N2O6/c1-6-29-11-8-14-37-28(36)24(29)23-26(34)32(21(17-33)15-18(2)3)25-27(35)31(13-7-12-30(23,25)38-29)22-16-19(4)9-10-20(22)5/h7-12,16,18,21,23-25,33H,6,13-15,17H2,1-5H3/t21-,23+,24+,25?,29-,30+/m1/s1. The van der Waals surface area contributed by atoms with Crippen LogP contribution >= 0.6 is 0 Å². The predicted molar refractivity (Wildman–Crippen MR) is 142 cm³/mol. The highest BCUT2D eigenvalue weighted by Crippen LogP contribution is 2.59. The molecular formula is C30H38N2O6. The molecule has 0 bridgehead atoms. The fourth-order valence-corrected chi connectivity index (χ4v) is 6.98. The van der Waals surface area contributed by atoms with Crippen LogP contribution in [0.15, 0.2) is 42.5 Å². The van der Waals surface area contributed by atoms with Crippen molar-refractivity contribution in [3.8, 4) is 0 Å². The van der Waals surface area contributed by atoms with Gasteiger partial charge in [0.15, 0.2) is 0 Å². The van der Waals surface area contributed by atoms with Gasteiger partial charge in [0.2, 0.25) is 5.91 Å². The molecule has 38 heavy (non-hydrogen) atoms. The maximum atomic E-state index is 14.6. The zero-order valence-corrected chi connectivity index (χ0v) is 22.8. The molecule has 0 saturated carbocycles. The number of carbonyl (C=O) groups excluding carboxylic acids is 3. The molecule has 8 heteroatoms. The van der Waals surface area contributed by atoms with E-state index in [1.54, 1.807) is 11.0 Å². The first kappa shape index (κ1) is 26.6. The molecule has 4 aliphatic rings. The van der Waals surface area contributed by atoms with E-state index in [9.17, 15) is 19.5 Å². The maximum absolute atomic E-state index is 14.6. The van der Waals surface area contributed by atoms with E-state index < -0.39 is 41.1 Å². The van der Waals surface area contributed by atoms with Crippen LogP contribution in [0.1, 0.15) is 44.7 Å². The Morgan fingerprint density at radius 2 is 1.84 bits per heavy atom. The van der Waals surface area contributed by atoms with Crippen molar-refractivity contribution in [1.82, 2.24) is 4.90 Å². The first-order valence-electron chi connectivity index (χ1n) is 13.6. The first-order chi connectivity index (χ1) is 18.1. The Labute approximate surface area is 224 Å². The summed E-state index contributed by atoms with van der Waals surface area (Å²) < 4.78 is 12.4. The highest BCUT2D eigenvalue weighted by molar-refractivity contribution is 6.06. The number of amides is 2. The Kier molecular flexibility index (Phi) is 6.76. The van der Waals surface area contributed by atoms with Crippen LogP contribution in [-0.4, -0.2) is 70.8 Å². The van der Waals surface area contributed by atoms with E-state index in [2.05, 4.69) is 0 Å². The van der Waals surface area contributed by atoms with Gasteiger partial charge in [0, 0.05) is 12.2 Å². The molecule has 2 amide bonds. The minimum absolute atomic E-state index is 0.114. The largest absolute Gasteiger partial charge is 0.461 e. The number of hydrogen-bond acceptors (Lipinski definition) is 6. The molecule has 5 rings (SSSR count). The second-order valence-corrected chi connectivity index (χ2v) is 11.5. The SMILES string of the molecule is CC[C@@]12C=CCOC(=O)[C@@H]1[C@H]1C(=O)N([C@@H](CO)CC(C)C)C3C(=O)N(c4cc(C)ccc4C)CC=C[C@@]31O2. The van der Waals surface area contributed by atoms with Gasteiger partial charge in [0.05, 0.1) is 18.6 Å². The number of aliphatic hydroxyl groups excluding tert-OH is 1. The zero-order valence-electron chi connectivity index (χ0n) is 22.8. The van der Waals surface area contributed by atoms with Crippen molar-refractivity contribution in [2.75, 3.05) is 24.7 Å². The predicted octanol–water partition coefficient (Wildman–Crippen LogP) is 3.09. The fourth-order valence-electron chi connectivity index (χ4n) is 6.98. The summed E-state index contributed by atoms with van der Waals surface area (Å²) in [5.74, 6) is -2.78. The highest BCUT2D eigenvalue weighted by Gasteiger charge is 2.76. The van der Waals surface area contributed by atoms with Crippen molar-refractivity contribution in [3.63, 3.8) is 0 Å². The third-order valence-corrected chi connectivity index (χ3v) is 8.64. The summed E-state index contributed by atoms with van der Waals surface area (Å²) >= 11 is 0. The highest BCUT2D eigenvalue weighted by atomic mass is 16.6. The fraction of sp³-hybridized carbons (Fsp3) is 0.567. The Morgan fingerprint density at radius 3 is 2.53 bits per heavy atom. The number of ether oxygens (including phenoxy) is 2. The van der Waals surface area contributed by atoms with E-state index >= 15 is 0 Å². The molecule has 1 unspecified atom stereocenters. The van der Waals surface area contributed by atoms with Crippen LogP contribution in [0.25, 0.3) is 0 Å². The minimum Gasteiger partial charge on any atom is -0.461 e. The van der Waals surface area contributed by atoms with Gasteiger partial charge >= 0.3 is 5.97 Å². The van der Waals surface area contributed by atoms with Crippen LogP contribution in [0.5, 0.6) is 0 Å². The van der Waals surface area contributed by atoms with Crippen LogP contribution in [0.4, 0.5) is 5.69 Å². The Morgan fingerprint density at radius 1 is 1.08 bits per heavy atom. The summed E-state index contributed by atoms with van der Waals surface area (Å²) in [4.78, 5) is 45.7. The van der Waals surface area contributed by atoms with Crippen molar-refractivity contribution >= 4 is 23.5 Å². The average Bonchev–Trinajstić information content (AvgIpc) is 3.16. The van der Waals surface area contributed by atoms with E-state index in [-0.39, 0.29) is 30.9 Å². The van der Waals surface area contributed by atoms with Crippen molar-refractivity contribution in [3.05, 3.63) is 53.6 Å². The van der Waals surface area contributed by atoms with Gasteiger partial charge in [-0.2, -0.15) is 0 Å². The summed E-state index contributed by atoms with van der Waals surface area (Å²) in [6.07, 6.45) is 8.27. The summed E-state index contributed by atoms with van der Waals surface area (Å²) in [7, 11) is 0. The minimum atomic E-state index is -1.37. The number of carbonyl (C=O) groups is 3. The number of likely N-dealkylation sites (tertiary alicyclic amines) is 1. The molecule has 1 N–H and O–H groups in total. The number of nitrogens with zero attached hydrogens (tertiary/aromatic N) is 2. The van der Waals surface area contributed by atoms with E-state index in [1.165, 1.54) is 4.90 Å². The molecule has 1 aromatic carbocycles. The zero-order chi connectivity index (χ0) is 27.4. The number of benzene rings is 1. The second-order valence-electron chi connectivity index (χ2n) is 11.5. The number of aliphatic hydroxyl groups is 1. The topological polar surface area (TPSA) is 96.4 Å². The van der Waals surface area contributed by atoms with Gasteiger partial charge in [0.1, 0.15) is 29.8 Å². The third kappa shape index (κ3) is 3.83. The number of rotatable bonds is 6. The van der Waals surface area contributed by atoms with Gasteiger partial charge in [-0.3, -0.25) is 14.4 Å². The summed E-state index contributed by atoms with van der Waals surface area (Å²) in [5, 5.41) is 10.5. The van der Waals surface area contributed by atoms with Gasteiger partial charge in [0.25, 0.3) is 5.91 Å². The number of cyclic esters (lactones) is 1. The number of esters is 1. The molecule has 6 atom stereocenters. The van der Waals surface area contributed by atoms with Gasteiger partial charge in [-0.15, -0.1) is 0 Å². The molecule has 4 heterocycles. The normalized spacial score (nSPS) is 33.1. The van der Waals surface area contributed by atoms with E-state index in [0.717, 1.165) is 16.8 Å². The summed E-state index contributed by atoms with van der Waals surface area (Å²) in [5.41, 5.74) is 0.296. The van der Waals surface area contributed by atoms with Gasteiger partial charge in [-0.25, -0.2) is 0 Å². The van der Waals surface area contributed by atoms with E-state index in [1.807, 2.05) is 71.0 Å². The third-order valence-electron chi connectivity index (χ3n) is 8.64. The van der Waals surface area contributed by atoms with Crippen LogP contribution in [0.3, 0.4) is 0 Å². The molecule has 0 aliphatic carbocycles. The smallest absolute Gasteiger partial charge is 0.313 e. The molecule has 1 aromatic rings. The Bertz CT molecular complexity index is 1210. The molecule has 2 saturated heterocycles. The number of fused-ring (bicyclic) bond motifs is 2. The molecule has 1 spiro atoms. The molecule has 4 aliphatic heterocycles. The maximum Gasteiger partial charge on any atom is 0.313 e. The van der Waals surface area contributed by atoms with Crippen molar-refractivity contribution in [1.29, 1.82) is 0 Å². The lowest BCUT2D eigenvalue weighted by atomic mass is 9.73. The number of aryl methyl sites for hydroxylation is 2. The van der Waals surface area contributed by atoms with Crippen LogP contribution in [0.2, 0.25) is 0 Å². The van der Waals surface area contributed by atoms with Crippen LogP contribution in [-0.2, 0) is 23.9 Å². The van der Waals surface area contributed by atoms with Crippen LogP contribution < -0.4 is 4.90 Å². The first-order valence-corrected chi connectivity index (χ1v) is 13.6. The lowest BCUT2D eigenvalue weighted by Gasteiger charge is -2.41. The molecule has 8 nitrogen and oxygen atoms in total. The second kappa shape index (κ2) is 9.65. The quantitative estimate of drug-likeness (QED) is 0.456. The molecular weight excluding hydrogens is 484 g/mol. The van der Waals surface area contributed by atoms with Gasteiger partial charge in [-0.1, -0.05) is 51.1 Å². The molecule has 0 aromatic heterocycles. The lowest BCUT2D eigenvalue weighted by Crippen LogP contribution is -2.59. The monoisotopic (exact) mass is 522 g/mol. The number of anilines is 1. The van der Waals surface area contributed by atoms with Crippen molar-refractivity contribution < 1.29 is 29.0 Å². The Balaban J connectivity index is 1.71. The van der Waals surface area contributed by atoms with Gasteiger partial charge < -0.3 is 24.4 Å². The van der Waals surface area contributed by atoms with Crippen LogP contribution in [0, 0.1) is 31.6 Å². The van der Waals surface area contributed by atoms with Crippen molar-refractivity contribution in [2.45, 2.75) is 70.7 Å². The average molecular weight is 523 g/mol. The number of hydrogen-bond donors (Lipinski definition) is 1. The molecule has 0 radical (unpaired) electrons. The summed E-state index contributed by atoms with van der Waals surface area (Å²) in [6, 6.07) is 4.33. The van der Waals surface area contributed by atoms with Gasteiger partial charge in [-0.05, 0) is 55.9 Å². The van der Waals surface area contributed by atoms with E-state index in [4.69, 9.17) is 9.47 Å². The van der Waals surface area contributed by atoms with E-state index in [0.29, 0.717) is 19.4 Å². The lowest BCUT2D eigenvalue weighted by molar-refractivity contribution is -0.159.